The number of nitrogens with zero attached hydrogens (tertiary/aromatic N) is 3. The Hall–Kier alpha value is -3.15. The number of hydrogen-bond donors (Lipinski definition) is 1. The lowest BCUT2D eigenvalue weighted by Crippen LogP contribution is -2.34. The number of likely N-dealkylation sites (N-methyl/N-ethyl adjacent to an activating group) is 1. The van der Waals surface area contributed by atoms with Gasteiger partial charge >= 0.3 is 0 Å². The number of para-hydroxylation sites is 2. The SMILES string of the molecule is CCN(CC)C(=O)Cn1c(CNC(=O)c2cccc(C)c2)nc2ccccc21. The maximum atomic E-state index is 12.7. The Balaban J connectivity index is 1.84. The van der Waals surface area contributed by atoms with E-state index in [-0.39, 0.29) is 24.9 Å². The molecule has 6 heteroatoms. The summed E-state index contributed by atoms with van der Waals surface area (Å²) in [6.07, 6.45) is 0. The molecule has 1 heterocycles. The van der Waals surface area contributed by atoms with Crippen molar-refractivity contribution in [3.05, 3.63) is 65.5 Å². The van der Waals surface area contributed by atoms with Crippen LogP contribution in [0.25, 0.3) is 11.0 Å². The molecule has 0 radical (unpaired) electrons. The van der Waals surface area contributed by atoms with E-state index in [2.05, 4.69) is 10.3 Å². The van der Waals surface area contributed by atoms with Gasteiger partial charge in [0.15, 0.2) is 0 Å². The molecule has 0 atom stereocenters. The number of carbonyl (C=O) groups is 2. The van der Waals surface area contributed by atoms with E-state index < -0.39 is 0 Å². The van der Waals surface area contributed by atoms with Crippen LogP contribution in [0.1, 0.15) is 35.6 Å². The van der Waals surface area contributed by atoms with Crippen LogP contribution in [0.4, 0.5) is 0 Å². The smallest absolute Gasteiger partial charge is 0.251 e. The molecule has 1 N–H and O–H groups in total. The van der Waals surface area contributed by atoms with Crippen molar-refractivity contribution in [3.8, 4) is 0 Å². The van der Waals surface area contributed by atoms with Gasteiger partial charge in [-0.1, -0.05) is 29.8 Å². The average Bonchev–Trinajstić information content (AvgIpc) is 3.04. The number of carbonyl (C=O) groups excluding carboxylic acids is 2. The van der Waals surface area contributed by atoms with Gasteiger partial charge in [-0.15, -0.1) is 0 Å². The van der Waals surface area contributed by atoms with Crippen LogP contribution in [0.15, 0.2) is 48.5 Å². The molecule has 0 fully saturated rings. The fraction of sp³-hybridized carbons (Fsp3) is 0.318. The van der Waals surface area contributed by atoms with Gasteiger partial charge < -0.3 is 14.8 Å². The molecule has 2 amide bonds. The zero-order chi connectivity index (χ0) is 20.1. The Bertz CT molecular complexity index is 989. The van der Waals surface area contributed by atoms with Gasteiger partial charge in [0.1, 0.15) is 12.4 Å². The summed E-state index contributed by atoms with van der Waals surface area (Å²) in [5.74, 6) is 0.555. The largest absolute Gasteiger partial charge is 0.345 e. The molecule has 0 aliphatic carbocycles. The molecule has 3 aromatic rings. The molecule has 0 saturated carbocycles. The van der Waals surface area contributed by atoms with Gasteiger partial charge in [0, 0.05) is 18.7 Å². The van der Waals surface area contributed by atoms with Crippen LogP contribution in [-0.2, 0) is 17.9 Å². The predicted molar refractivity (Wildman–Crippen MR) is 110 cm³/mol. The van der Waals surface area contributed by atoms with Crippen LogP contribution in [-0.4, -0.2) is 39.4 Å². The lowest BCUT2D eigenvalue weighted by molar-refractivity contribution is -0.131. The van der Waals surface area contributed by atoms with Gasteiger partial charge in [-0.3, -0.25) is 9.59 Å². The Morgan fingerprint density at radius 3 is 2.54 bits per heavy atom. The molecule has 0 aliphatic heterocycles. The molecule has 28 heavy (non-hydrogen) atoms. The number of imidazole rings is 1. The molecule has 2 aromatic carbocycles. The number of aryl methyl sites for hydroxylation is 1. The Labute approximate surface area is 165 Å². The van der Waals surface area contributed by atoms with Crippen LogP contribution in [0.2, 0.25) is 0 Å². The topological polar surface area (TPSA) is 67.2 Å². The third-order valence-electron chi connectivity index (χ3n) is 4.83. The minimum atomic E-state index is -0.155. The van der Waals surface area contributed by atoms with E-state index in [1.165, 1.54) is 0 Å². The van der Waals surface area contributed by atoms with E-state index in [0.717, 1.165) is 16.6 Å². The first-order valence-electron chi connectivity index (χ1n) is 9.60. The first kappa shape index (κ1) is 19.6. The molecule has 6 nitrogen and oxygen atoms in total. The number of aromatic nitrogens is 2. The molecule has 0 saturated heterocycles. The summed E-state index contributed by atoms with van der Waals surface area (Å²) in [6.45, 7) is 7.69. The molecule has 0 spiro atoms. The summed E-state index contributed by atoms with van der Waals surface area (Å²) >= 11 is 0. The second-order valence-electron chi connectivity index (χ2n) is 6.72. The minimum absolute atomic E-state index is 0.0411. The van der Waals surface area contributed by atoms with Crippen LogP contribution in [0.3, 0.4) is 0 Å². The molecule has 0 unspecified atom stereocenters. The average molecular weight is 378 g/mol. The Kier molecular flexibility index (Phi) is 6.09. The van der Waals surface area contributed by atoms with Crippen molar-refractivity contribution >= 4 is 22.8 Å². The number of amides is 2. The predicted octanol–water partition coefficient (Wildman–Crippen LogP) is 3.14. The molecule has 146 valence electrons. The van der Waals surface area contributed by atoms with Crippen LogP contribution in [0.5, 0.6) is 0 Å². The number of rotatable bonds is 7. The lowest BCUT2D eigenvalue weighted by Gasteiger charge is -2.20. The molecule has 0 aliphatic rings. The lowest BCUT2D eigenvalue weighted by atomic mass is 10.1. The van der Waals surface area contributed by atoms with Crippen molar-refractivity contribution in [1.29, 1.82) is 0 Å². The highest BCUT2D eigenvalue weighted by molar-refractivity contribution is 5.94. The fourth-order valence-electron chi connectivity index (χ4n) is 3.30. The van der Waals surface area contributed by atoms with Crippen molar-refractivity contribution in [1.82, 2.24) is 19.8 Å². The van der Waals surface area contributed by atoms with Gasteiger partial charge in [0.25, 0.3) is 5.91 Å². The van der Waals surface area contributed by atoms with E-state index in [0.29, 0.717) is 24.5 Å². The van der Waals surface area contributed by atoms with Crippen molar-refractivity contribution in [2.45, 2.75) is 33.9 Å². The minimum Gasteiger partial charge on any atom is -0.345 e. The van der Waals surface area contributed by atoms with Crippen molar-refractivity contribution in [3.63, 3.8) is 0 Å². The van der Waals surface area contributed by atoms with E-state index in [1.54, 1.807) is 11.0 Å². The molecular formula is C22H26N4O2. The first-order chi connectivity index (χ1) is 13.5. The maximum absolute atomic E-state index is 12.7. The summed E-state index contributed by atoms with van der Waals surface area (Å²) < 4.78 is 1.90. The molecule has 3 rings (SSSR count). The van der Waals surface area contributed by atoms with Crippen LogP contribution >= 0.6 is 0 Å². The zero-order valence-electron chi connectivity index (χ0n) is 16.6. The zero-order valence-corrected chi connectivity index (χ0v) is 16.6. The highest BCUT2D eigenvalue weighted by Gasteiger charge is 2.17. The van der Waals surface area contributed by atoms with E-state index in [9.17, 15) is 9.59 Å². The summed E-state index contributed by atoms with van der Waals surface area (Å²) in [5, 5.41) is 2.93. The van der Waals surface area contributed by atoms with E-state index in [4.69, 9.17) is 0 Å². The second-order valence-corrected chi connectivity index (χ2v) is 6.72. The number of hydrogen-bond acceptors (Lipinski definition) is 3. The molecule has 1 aromatic heterocycles. The maximum Gasteiger partial charge on any atom is 0.251 e. The normalized spacial score (nSPS) is 10.8. The van der Waals surface area contributed by atoms with E-state index in [1.807, 2.05) is 67.8 Å². The Morgan fingerprint density at radius 2 is 1.82 bits per heavy atom. The number of fused-ring (bicyclic) bond motifs is 1. The fourth-order valence-corrected chi connectivity index (χ4v) is 3.30. The third-order valence-corrected chi connectivity index (χ3v) is 4.83. The quantitative estimate of drug-likeness (QED) is 0.687. The van der Waals surface area contributed by atoms with E-state index >= 15 is 0 Å². The highest BCUT2D eigenvalue weighted by atomic mass is 16.2. The monoisotopic (exact) mass is 378 g/mol. The van der Waals surface area contributed by atoms with Gasteiger partial charge in [0.05, 0.1) is 17.6 Å². The highest BCUT2D eigenvalue weighted by Crippen LogP contribution is 2.17. The summed E-state index contributed by atoms with van der Waals surface area (Å²) in [4.78, 5) is 31.6. The molecule has 0 bridgehead atoms. The third kappa shape index (κ3) is 4.22. The van der Waals surface area contributed by atoms with Gasteiger partial charge in [-0.2, -0.15) is 0 Å². The van der Waals surface area contributed by atoms with Crippen molar-refractivity contribution < 1.29 is 9.59 Å². The standard InChI is InChI=1S/C22H26N4O2/c1-4-25(5-2)21(27)15-26-19-12-7-6-11-18(19)24-20(26)14-23-22(28)17-10-8-9-16(3)13-17/h6-13H,4-5,14-15H2,1-3H3,(H,23,28). The first-order valence-corrected chi connectivity index (χ1v) is 9.60. The summed E-state index contributed by atoms with van der Waals surface area (Å²) in [5.41, 5.74) is 3.35. The summed E-state index contributed by atoms with van der Waals surface area (Å²) in [6, 6.07) is 15.2. The van der Waals surface area contributed by atoms with Crippen LogP contribution in [0, 0.1) is 6.92 Å². The van der Waals surface area contributed by atoms with Crippen molar-refractivity contribution in [2.75, 3.05) is 13.1 Å². The number of benzene rings is 2. The number of nitrogens with one attached hydrogen (secondary N) is 1. The van der Waals surface area contributed by atoms with Crippen molar-refractivity contribution in [2.24, 2.45) is 0 Å². The molecular weight excluding hydrogens is 352 g/mol. The van der Waals surface area contributed by atoms with Gasteiger partial charge in [0.2, 0.25) is 5.91 Å². The van der Waals surface area contributed by atoms with Gasteiger partial charge in [-0.05, 0) is 45.0 Å². The van der Waals surface area contributed by atoms with Gasteiger partial charge in [-0.25, -0.2) is 4.98 Å². The summed E-state index contributed by atoms with van der Waals surface area (Å²) in [7, 11) is 0. The Morgan fingerprint density at radius 1 is 1.07 bits per heavy atom. The van der Waals surface area contributed by atoms with Crippen LogP contribution < -0.4 is 5.32 Å². The second kappa shape index (κ2) is 8.69.